The Labute approximate surface area is 100 Å². The molecule has 5 heteroatoms. The number of aliphatic carboxylic acids is 1. The molecule has 4 nitrogen and oxygen atoms in total. The van der Waals surface area contributed by atoms with E-state index in [0.717, 1.165) is 5.56 Å². The maximum absolute atomic E-state index is 11.5. The van der Waals surface area contributed by atoms with Crippen molar-refractivity contribution in [1.82, 2.24) is 0 Å². The number of carbonyl (C=O) groups is 1. The Kier molecular flexibility index (Phi) is 3.19. The van der Waals surface area contributed by atoms with E-state index in [1.165, 1.54) is 0 Å². The third-order valence-corrected chi connectivity index (χ3v) is 4.93. The van der Waals surface area contributed by atoms with E-state index in [4.69, 9.17) is 5.11 Å². The van der Waals surface area contributed by atoms with Gasteiger partial charge < -0.3 is 5.11 Å². The van der Waals surface area contributed by atoms with Crippen molar-refractivity contribution in [3.8, 4) is 0 Å². The molecule has 0 saturated carbocycles. The molecule has 17 heavy (non-hydrogen) atoms. The van der Waals surface area contributed by atoms with Gasteiger partial charge in [-0.3, -0.25) is 4.79 Å². The van der Waals surface area contributed by atoms with Crippen LogP contribution in [-0.4, -0.2) is 31.0 Å². The zero-order valence-electron chi connectivity index (χ0n) is 9.24. The Balaban J connectivity index is 2.31. The fourth-order valence-corrected chi connectivity index (χ4v) is 4.03. The van der Waals surface area contributed by atoms with E-state index in [1.54, 1.807) is 0 Å². The first-order valence-corrected chi connectivity index (χ1v) is 7.30. The van der Waals surface area contributed by atoms with E-state index in [2.05, 4.69) is 0 Å². The average Bonchev–Trinajstić information content (AvgIpc) is 2.29. The summed E-state index contributed by atoms with van der Waals surface area (Å²) in [5, 5.41) is 9.14. The van der Waals surface area contributed by atoms with Gasteiger partial charge in [-0.05, 0) is 17.9 Å². The van der Waals surface area contributed by atoms with Crippen LogP contribution in [0, 0.1) is 5.92 Å². The Morgan fingerprint density at radius 2 is 1.88 bits per heavy atom. The molecule has 0 spiro atoms. The Hall–Kier alpha value is -1.36. The van der Waals surface area contributed by atoms with Gasteiger partial charge >= 0.3 is 5.97 Å². The van der Waals surface area contributed by atoms with E-state index >= 15 is 0 Å². The van der Waals surface area contributed by atoms with Crippen LogP contribution >= 0.6 is 0 Å². The smallest absolute Gasteiger partial charge is 0.308 e. The van der Waals surface area contributed by atoms with Crippen LogP contribution < -0.4 is 0 Å². The predicted octanol–water partition coefficient (Wildman–Crippen LogP) is 1.29. The molecule has 2 rings (SSSR count). The van der Waals surface area contributed by atoms with Gasteiger partial charge in [0.25, 0.3) is 0 Å². The van der Waals surface area contributed by atoms with Crippen molar-refractivity contribution in [2.45, 2.75) is 12.3 Å². The molecule has 0 aromatic heterocycles. The monoisotopic (exact) mass is 254 g/mol. The summed E-state index contributed by atoms with van der Waals surface area (Å²) in [5.41, 5.74) is 0.912. The van der Waals surface area contributed by atoms with E-state index in [1.807, 2.05) is 30.3 Å². The minimum absolute atomic E-state index is 0.0797. The van der Waals surface area contributed by atoms with Crippen molar-refractivity contribution in [1.29, 1.82) is 0 Å². The fourth-order valence-electron chi connectivity index (χ4n) is 2.32. The number of carboxylic acids is 1. The van der Waals surface area contributed by atoms with Crippen molar-refractivity contribution in [3.63, 3.8) is 0 Å². The predicted molar refractivity (Wildman–Crippen MR) is 63.6 cm³/mol. The lowest BCUT2D eigenvalue weighted by Gasteiger charge is -2.28. The molecule has 0 bridgehead atoms. The number of hydrogen-bond donors (Lipinski definition) is 1. The molecule has 1 aromatic rings. The molecule has 1 aliphatic rings. The molecule has 0 amide bonds. The molecular weight excluding hydrogens is 240 g/mol. The van der Waals surface area contributed by atoms with Crippen LogP contribution in [0.4, 0.5) is 0 Å². The van der Waals surface area contributed by atoms with Crippen molar-refractivity contribution >= 4 is 15.8 Å². The lowest BCUT2D eigenvalue weighted by atomic mass is 9.85. The van der Waals surface area contributed by atoms with Gasteiger partial charge in [0, 0.05) is 0 Å². The summed E-state index contributed by atoms with van der Waals surface area (Å²) in [5.74, 6) is -2.21. The van der Waals surface area contributed by atoms with Crippen LogP contribution in [-0.2, 0) is 14.6 Å². The van der Waals surface area contributed by atoms with E-state index < -0.39 is 21.7 Å². The van der Waals surface area contributed by atoms with Gasteiger partial charge in [-0.15, -0.1) is 0 Å². The van der Waals surface area contributed by atoms with E-state index in [-0.39, 0.29) is 17.4 Å². The summed E-state index contributed by atoms with van der Waals surface area (Å²) < 4.78 is 23.0. The van der Waals surface area contributed by atoms with E-state index in [0.29, 0.717) is 6.42 Å². The zero-order valence-corrected chi connectivity index (χ0v) is 10.1. The summed E-state index contributed by atoms with van der Waals surface area (Å²) >= 11 is 0. The SMILES string of the molecule is O=C(O)C1CS(=O)(=O)CCC1c1ccccc1. The average molecular weight is 254 g/mol. The standard InChI is InChI=1S/C12H14O4S/c13-12(14)11-8-17(15,16)7-6-10(11)9-4-2-1-3-5-9/h1-5,10-11H,6-8H2,(H,13,14). The maximum atomic E-state index is 11.5. The van der Waals surface area contributed by atoms with Gasteiger partial charge in [0.05, 0.1) is 17.4 Å². The minimum Gasteiger partial charge on any atom is -0.481 e. The topological polar surface area (TPSA) is 71.4 Å². The number of benzene rings is 1. The molecule has 2 atom stereocenters. The molecule has 2 unspecified atom stereocenters. The molecule has 1 saturated heterocycles. The Morgan fingerprint density at radius 3 is 2.47 bits per heavy atom. The van der Waals surface area contributed by atoms with Crippen molar-refractivity contribution in [2.75, 3.05) is 11.5 Å². The first-order valence-electron chi connectivity index (χ1n) is 5.48. The van der Waals surface area contributed by atoms with Crippen LogP contribution in [0.5, 0.6) is 0 Å². The highest BCUT2D eigenvalue weighted by molar-refractivity contribution is 7.91. The summed E-state index contributed by atoms with van der Waals surface area (Å²) in [6.45, 7) is 0. The highest BCUT2D eigenvalue weighted by atomic mass is 32.2. The highest BCUT2D eigenvalue weighted by Crippen LogP contribution is 2.34. The lowest BCUT2D eigenvalue weighted by Crippen LogP contribution is -2.36. The van der Waals surface area contributed by atoms with Gasteiger partial charge in [0.15, 0.2) is 9.84 Å². The molecular formula is C12H14O4S. The van der Waals surface area contributed by atoms with Gasteiger partial charge in [0.1, 0.15) is 0 Å². The molecule has 1 fully saturated rings. The largest absolute Gasteiger partial charge is 0.481 e. The van der Waals surface area contributed by atoms with Gasteiger partial charge in [-0.1, -0.05) is 30.3 Å². The van der Waals surface area contributed by atoms with Crippen molar-refractivity contribution in [3.05, 3.63) is 35.9 Å². The maximum Gasteiger partial charge on any atom is 0.308 e. The number of sulfone groups is 1. The Bertz CT molecular complexity index is 507. The van der Waals surface area contributed by atoms with Crippen LogP contribution in [0.25, 0.3) is 0 Å². The number of carboxylic acid groups (broad SMARTS) is 1. The molecule has 92 valence electrons. The fraction of sp³-hybridized carbons (Fsp3) is 0.417. The number of rotatable bonds is 2. The third-order valence-electron chi connectivity index (χ3n) is 3.20. The molecule has 1 aliphatic heterocycles. The summed E-state index contributed by atoms with van der Waals surface area (Å²) in [6, 6.07) is 9.27. The molecule has 1 N–H and O–H groups in total. The summed E-state index contributed by atoms with van der Waals surface area (Å²) in [6.07, 6.45) is 0.392. The van der Waals surface area contributed by atoms with Gasteiger partial charge in [-0.2, -0.15) is 0 Å². The van der Waals surface area contributed by atoms with Crippen molar-refractivity contribution < 1.29 is 18.3 Å². The normalized spacial score (nSPS) is 27.5. The number of hydrogen-bond acceptors (Lipinski definition) is 3. The zero-order chi connectivity index (χ0) is 12.5. The molecule has 1 aromatic carbocycles. The first kappa shape index (κ1) is 12.1. The molecule has 0 aliphatic carbocycles. The van der Waals surface area contributed by atoms with Crippen LogP contribution in [0.1, 0.15) is 17.9 Å². The summed E-state index contributed by atoms with van der Waals surface area (Å²) in [4.78, 5) is 11.2. The lowest BCUT2D eigenvalue weighted by molar-refractivity contribution is -0.141. The third kappa shape index (κ3) is 2.66. The second-order valence-electron chi connectivity index (χ2n) is 4.36. The van der Waals surface area contributed by atoms with Gasteiger partial charge in [-0.25, -0.2) is 8.42 Å². The highest BCUT2D eigenvalue weighted by Gasteiger charge is 2.38. The van der Waals surface area contributed by atoms with Gasteiger partial charge in [0.2, 0.25) is 0 Å². The van der Waals surface area contributed by atoms with Crippen LogP contribution in [0.3, 0.4) is 0 Å². The second-order valence-corrected chi connectivity index (χ2v) is 6.59. The van der Waals surface area contributed by atoms with Crippen molar-refractivity contribution in [2.24, 2.45) is 5.92 Å². The van der Waals surface area contributed by atoms with Crippen LogP contribution in [0.2, 0.25) is 0 Å². The summed E-state index contributed by atoms with van der Waals surface area (Å²) in [7, 11) is -3.20. The Morgan fingerprint density at radius 1 is 1.24 bits per heavy atom. The second kappa shape index (κ2) is 4.49. The van der Waals surface area contributed by atoms with Crippen LogP contribution in [0.15, 0.2) is 30.3 Å². The molecule has 0 radical (unpaired) electrons. The van der Waals surface area contributed by atoms with E-state index in [9.17, 15) is 13.2 Å². The quantitative estimate of drug-likeness (QED) is 0.863. The first-order chi connectivity index (χ1) is 7.99. The molecule has 1 heterocycles. The minimum atomic E-state index is -3.20.